The van der Waals surface area contributed by atoms with Crippen molar-refractivity contribution in [3.8, 4) is 0 Å². The van der Waals surface area contributed by atoms with E-state index in [1.54, 1.807) is 66.7 Å². The van der Waals surface area contributed by atoms with Crippen LogP contribution in [0.25, 0.3) is 0 Å². The smallest absolute Gasteiger partial charge is 0.261 e. The Hall–Kier alpha value is -4.77. The molecule has 0 saturated carbocycles. The van der Waals surface area contributed by atoms with Crippen LogP contribution in [0.5, 0.6) is 0 Å². The van der Waals surface area contributed by atoms with Gasteiger partial charge in [0.05, 0.1) is 11.1 Å². The van der Waals surface area contributed by atoms with Crippen molar-refractivity contribution < 1.29 is 17.6 Å². The molecule has 0 bridgehead atoms. The highest BCUT2D eigenvalue weighted by molar-refractivity contribution is 7.92. The number of sulfonamides is 1. The molecule has 188 valence electrons. The summed E-state index contributed by atoms with van der Waals surface area (Å²) in [5.41, 5.74) is 2.26. The summed E-state index contributed by atoms with van der Waals surface area (Å²) in [6.07, 6.45) is 2.20. The van der Waals surface area contributed by atoms with Gasteiger partial charge in [-0.3, -0.25) is 9.52 Å². The molecule has 1 heterocycles. The molecule has 0 aliphatic rings. The number of hydrogen-bond donors (Lipinski definition) is 4. The molecule has 1 amide bonds. The SMILES string of the molecule is C=CC(=O)NCc1ccc(Nc2nc(Nc3cccc(S(=O)(=O)Nc4ccccc4)c3)ncc2F)cc1. The molecule has 0 spiro atoms. The number of para-hydroxylation sites is 1. The van der Waals surface area contributed by atoms with Gasteiger partial charge in [0.25, 0.3) is 10.0 Å². The minimum absolute atomic E-state index is 0.0335. The first kappa shape index (κ1) is 25.3. The van der Waals surface area contributed by atoms with Crippen molar-refractivity contribution in [1.29, 1.82) is 0 Å². The first-order chi connectivity index (χ1) is 17.8. The molecule has 0 aliphatic carbocycles. The van der Waals surface area contributed by atoms with Gasteiger partial charge in [0, 0.05) is 23.6 Å². The third kappa shape index (κ3) is 6.89. The van der Waals surface area contributed by atoms with E-state index in [2.05, 4.69) is 37.2 Å². The molecule has 0 radical (unpaired) electrons. The fourth-order valence-corrected chi connectivity index (χ4v) is 4.31. The molecule has 4 aromatic rings. The summed E-state index contributed by atoms with van der Waals surface area (Å²) in [7, 11) is -3.83. The maximum absolute atomic E-state index is 14.4. The monoisotopic (exact) mass is 518 g/mol. The van der Waals surface area contributed by atoms with E-state index < -0.39 is 15.8 Å². The van der Waals surface area contributed by atoms with Gasteiger partial charge in [-0.2, -0.15) is 4.98 Å². The third-order valence-corrected chi connectivity index (χ3v) is 6.42. The van der Waals surface area contributed by atoms with Crippen LogP contribution in [0.1, 0.15) is 5.56 Å². The molecule has 4 rings (SSSR count). The lowest BCUT2D eigenvalue weighted by atomic mass is 10.2. The Bertz CT molecular complexity index is 1510. The molecule has 3 aromatic carbocycles. The number of nitrogens with one attached hydrogen (secondary N) is 4. The van der Waals surface area contributed by atoms with E-state index in [-0.39, 0.29) is 22.6 Å². The summed E-state index contributed by atoms with van der Waals surface area (Å²) >= 11 is 0. The fraction of sp³-hybridized carbons (Fsp3) is 0.0385. The van der Waals surface area contributed by atoms with Gasteiger partial charge in [-0.05, 0) is 54.1 Å². The molecule has 37 heavy (non-hydrogen) atoms. The zero-order valence-corrected chi connectivity index (χ0v) is 20.3. The number of halogens is 1. The molecule has 0 aliphatic heterocycles. The molecule has 0 fully saturated rings. The van der Waals surface area contributed by atoms with Gasteiger partial charge in [-0.1, -0.05) is 43.0 Å². The van der Waals surface area contributed by atoms with Gasteiger partial charge in [-0.25, -0.2) is 17.8 Å². The number of rotatable bonds is 10. The average molecular weight is 519 g/mol. The van der Waals surface area contributed by atoms with Crippen molar-refractivity contribution in [2.75, 3.05) is 15.4 Å². The highest BCUT2D eigenvalue weighted by atomic mass is 32.2. The van der Waals surface area contributed by atoms with Crippen LogP contribution < -0.4 is 20.7 Å². The van der Waals surface area contributed by atoms with Crippen molar-refractivity contribution in [3.63, 3.8) is 0 Å². The Morgan fingerprint density at radius 2 is 1.65 bits per heavy atom. The van der Waals surface area contributed by atoms with E-state index in [9.17, 15) is 17.6 Å². The minimum Gasteiger partial charge on any atom is -0.348 e. The van der Waals surface area contributed by atoms with Crippen molar-refractivity contribution >= 4 is 44.8 Å². The Kier molecular flexibility index (Phi) is 7.74. The molecule has 0 atom stereocenters. The van der Waals surface area contributed by atoms with E-state index in [4.69, 9.17) is 0 Å². The molecule has 0 saturated heterocycles. The standard InChI is InChI=1S/C26H23FN6O3S/c1-2-24(34)28-16-18-11-13-19(14-12-18)30-25-23(27)17-29-26(32-25)31-21-9-6-10-22(15-21)37(35,36)33-20-7-4-3-5-8-20/h2-15,17,33H,1,16H2,(H,28,34)(H2,29,30,31,32). The van der Waals surface area contributed by atoms with Gasteiger partial charge in [0.2, 0.25) is 11.9 Å². The second kappa shape index (κ2) is 11.3. The van der Waals surface area contributed by atoms with Crippen molar-refractivity contribution in [1.82, 2.24) is 15.3 Å². The molecule has 0 unspecified atom stereocenters. The van der Waals surface area contributed by atoms with Crippen LogP contribution in [0, 0.1) is 5.82 Å². The fourth-order valence-electron chi connectivity index (χ4n) is 3.21. The second-order valence-electron chi connectivity index (χ2n) is 7.76. The van der Waals surface area contributed by atoms with E-state index in [1.165, 1.54) is 18.2 Å². The lowest BCUT2D eigenvalue weighted by Crippen LogP contribution is -2.19. The van der Waals surface area contributed by atoms with Crippen molar-refractivity contribution in [2.24, 2.45) is 0 Å². The van der Waals surface area contributed by atoms with Crippen LogP contribution in [0.4, 0.5) is 33.2 Å². The lowest BCUT2D eigenvalue weighted by molar-refractivity contribution is -0.116. The topological polar surface area (TPSA) is 125 Å². The van der Waals surface area contributed by atoms with Crippen LogP contribution >= 0.6 is 0 Å². The normalized spacial score (nSPS) is 10.8. The van der Waals surface area contributed by atoms with Crippen LogP contribution in [0.15, 0.2) is 103 Å². The summed E-state index contributed by atoms with van der Waals surface area (Å²) in [6, 6.07) is 21.6. The number of benzene rings is 3. The van der Waals surface area contributed by atoms with Gasteiger partial charge < -0.3 is 16.0 Å². The van der Waals surface area contributed by atoms with Crippen LogP contribution in [0.2, 0.25) is 0 Å². The number of nitrogens with zero attached hydrogens (tertiary/aromatic N) is 2. The highest BCUT2D eigenvalue weighted by Gasteiger charge is 2.15. The number of hydrogen-bond acceptors (Lipinski definition) is 7. The summed E-state index contributed by atoms with van der Waals surface area (Å²) in [5.74, 6) is -0.949. The van der Waals surface area contributed by atoms with E-state index in [0.717, 1.165) is 11.8 Å². The zero-order chi connectivity index (χ0) is 26.3. The van der Waals surface area contributed by atoms with Gasteiger partial charge >= 0.3 is 0 Å². The molecule has 1 aromatic heterocycles. The first-order valence-electron chi connectivity index (χ1n) is 11.1. The Morgan fingerprint density at radius 1 is 0.919 bits per heavy atom. The maximum Gasteiger partial charge on any atom is 0.261 e. The summed E-state index contributed by atoms with van der Waals surface area (Å²) in [6.45, 7) is 3.73. The van der Waals surface area contributed by atoms with Crippen molar-refractivity contribution in [2.45, 2.75) is 11.4 Å². The predicted molar refractivity (Wildman–Crippen MR) is 141 cm³/mol. The maximum atomic E-state index is 14.4. The Morgan fingerprint density at radius 3 is 2.38 bits per heavy atom. The Labute approximate surface area is 213 Å². The quantitative estimate of drug-likeness (QED) is 0.224. The van der Waals surface area contributed by atoms with Crippen LogP contribution in [-0.2, 0) is 21.4 Å². The number of aromatic nitrogens is 2. The molecular weight excluding hydrogens is 495 g/mol. The highest BCUT2D eigenvalue weighted by Crippen LogP contribution is 2.23. The van der Waals surface area contributed by atoms with E-state index >= 15 is 0 Å². The summed E-state index contributed by atoms with van der Waals surface area (Å²) in [5, 5.41) is 8.47. The summed E-state index contributed by atoms with van der Waals surface area (Å²) in [4.78, 5) is 19.5. The number of anilines is 5. The zero-order valence-electron chi connectivity index (χ0n) is 19.5. The first-order valence-corrected chi connectivity index (χ1v) is 12.5. The average Bonchev–Trinajstić information content (AvgIpc) is 2.90. The molecule has 11 heteroatoms. The number of carbonyl (C=O) groups excluding carboxylic acids is 1. The Balaban J connectivity index is 1.46. The molecule has 9 nitrogen and oxygen atoms in total. The molecular formula is C26H23FN6O3S. The van der Waals surface area contributed by atoms with Crippen LogP contribution in [-0.4, -0.2) is 24.3 Å². The van der Waals surface area contributed by atoms with Gasteiger partial charge in [-0.15, -0.1) is 0 Å². The lowest BCUT2D eigenvalue weighted by Gasteiger charge is -2.12. The van der Waals surface area contributed by atoms with Gasteiger partial charge in [0.1, 0.15) is 0 Å². The number of carbonyl (C=O) groups is 1. The van der Waals surface area contributed by atoms with Gasteiger partial charge in [0.15, 0.2) is 11.6 Å². The predicted octanol–water partition coefficient (Wildman–Crippen LogP) is 4.71. The second-order valence-corrected chi connectivity index (χ2v) is 9.44. The van der Waals surface area contributed by atoms with E-state index in [1.807, 2.05) is 0 Å². The van der Waals surface area contributed by atoms with Crippen molar-refractivity contribution in [3.05, 3.63) is 109 Å². The van der Waals surface area contributed by atoms with E-state index in [0.29, 0.717) is 23.6 Å². The van der Waals surface area contributed by atoms with Crippen LogP contribution in [0.3, 0.4) is 0 Å². The third-order valence-electron chi connectivity index (χ3n) is 5.04. The number of amides is 1. The largest absolute Gasteiger partial charge is 0.348 e. The molecule has 4 N–H and O–H groups in total. The minimum atomic E-state index is -3.83. The summed E-state index contributed by atoms with van der Waals surface area (Å²) < 4.78 is 42.4.